The summed E-state index contributed by atoms with van der Waals surface area (Å²) in [7, 11) is 0. The first-order chi connectivity index (χ1) is 10.4. The molecule has 118 valence electrons. The summed E-state index contributed by atoms with van der Waals surface area (Å²) in [6.07, 6.45) is -0.835. The molecule has 3 rings (SSSR count). The zero-order valence-electron chi connectivity index (χ0n) is 12.5. The monoisotopic (exact) mass is 308 g/mol. The third-order valence-electron chi connectivity index (χ3n) is 3.99. The molecule has 1 aromatic rings. The van der Waals surface area contributed by atoms with Crippen LogP contribution >= 0.6 is 0 Å². The average Bonchev–Trinajstić information content (AvgIpc) is 3.07. The third-order valence-corrected chi connectivity index (χ3v) is 3.99. The molecule has 22 heavy (non-hydrogen) atoms. The lowest BCUT2D eigenvalue weighted by Crippen LogP contribution is -2.44. The number of Topliss-reactive ketones (excluding diaryl/α,β-unsaturated/α-hetero) is 1. The number of aryl methyl sites for hydroxylation is 1. The minimum absolute atomic E-state index is 0.00402. The summed E-state index contributed by atoms with van der Waals surface area (Å²) < 4.78 is 15.4. The van der Waals surface area contributed by atoms with Crippen LogP contribution in [0.25, 0.3) is 0 Å². The predicted octanol–water partition coefficient (Wildman–Crippen LogP) is 0.361. The van der Waals surface area contributed by atoms with E-state index >= 15 is 0 Å². The Hall–Kier alpha value is -2.22. The molecule has 0 N–H and O–H groups in total. The molecule has 0 aromatic carbocycles. The minimum atomic E-state index is -1.43. The van der Waals surface area contributed by atoms with Gasteiger partial charge in [0, 0.05) is 6.07 Å². The van der Waals surface area contributed by atoms with Crippen molar-refractivity contribution < 1.29 is 28.4 Å². The first-order valence-electron chi connectivity index (χ1n) is 6.99. The number of hydrogen-bond acceptors (Lipinski definition) is 7. The summed E-state index contributed by atoms with van der Waals surface area (Å²) in [6, 6.07) is 1.63. The number of amides is 1. The molecular formula is C14H16N2O6. The van der Waals surface area contributed by atoms with Crippen LogP contribution < -0.4 is 0 Å². The van der Waals surface area contributed by atoms with Gasteiger partial charge in [0.15, 0.2) is 17.9 Å². The van der Waals surface area contributed by atoms with E-state index in [0.717, 1.165) is 0 Å². The number of hydrogen-bond donors (Lipinski definition) is 0. The summed E-state index contributed by atoms with van der Waals surface area (Å²) in [5.41, 5.74) is -0.793. The first kappa shape index (κ1) is 14.7. The predicted molar refractivity (Wildman–Crippen MR) is 70.3 cm³/mol. The molecule has 8 nitrogen and oxygen atoms in total. The number of carbonyl (C=O) groups excluding carboxylic acids is 3. The van der Waals surface area contributed by atoms with Crippen molar-refractivity contribution in [2.24, 2.45) is 5.92 Å². The van der Waals surface area contributed by atoms with E-state index in [0.29, 0.717) is 11.5 Å². The number of carbonyl (C=O) groups is 3. The number of rotatable bonds is 3. The van der Waals surface area contributed by atoms with Crippen LogP contribution in [0.1, 0.15) is 31.5 Å². The lowest BCUT2D eigenvalue weighted by atomic mass is 9.93. The van der Waals surface area contributed by atoms with Crippen LogP contribution in [0.2, 0.25) is 0 Å². The van der Waals surface area contributed by atoms with Crippen molar-refractivity contribution in [1.82, 2.24) is 10.1 Å². The van der Waals surface area contributed by atoms with E-state index in [4.69, 9.17) is 14.0 Å². The van der Waals surface area contributed by atoms with Crippen LogP contribution in [-0.4, -0.2) is 46.5 Å². The van der Waals surface area contributed by atoms with E-state index in [1.54, 1.807) is 26.8 Å². The number of aromatic nitrogens is 1. The molecule has 1 aromatic heterocycles. The van der Waals surface area contributed by atoms with Crippen LogP contribution in [0, 0.1) is 12.8 Å². The SMILES string of the molecule is CCOC(=O)C1C(=O)N2[C@@H](c3cc(C)on3)OC[C@]2(C)C1=O. The molecule has 3 atom stereocenters. The quantitative estimate of drug-likeness (QED) is 0.587. The highest BCUT2D eigenvalue weighted by Gasteiger charge is 2.65. The molecule has 0 spiro atoms. The Labute approximate surface area is 126 Å². The molecule has 2 saturated heterocycles. The van der Waals surface area contributed by atoms with Gasteiger partial charge in [0.05, 0.1) is 13.2 Å². The van der Waals surface area contributed by atoms with Gasteiger partial charge >= 0.3 is 5.97 Å². The zero-order valence-corrected chi connectivity index (χ0v) is 12.5. The second-order valence-corrected chi connectivity index (χ2v) is 5.56. The lowest BCUT2D eigenvalue weighted by Gasteiger charge is -2.26. The Morgan fingerprint density at radius 1 is 1.55 bits per heavy atom. The van der Waals surface area contributed by atoms with Crippen LogP contribution in [0.15, 0.2) is 10.6 Å². The van der Waals surface area contributed by atoms with Gasteiger partial charge in [0.2, 0.25) is 5.91 Å². The second kappa shape index (κ2) is 4.91. The highest BCUT2D eigenvalue weighted by molar-refractivity contribution is 6.24. The third kappa shape index (κ3) is 1.87. The topological polar surface area (TPSA) is 98.9 Å². The molecule has 2 aliphatic heterocycles. The van der Waals surface area contributed by atoms with Gasteiger partial charge < -0.3 is 14.0 Å². The second-order valence-electron chi connectivity index (χ2n) is 5.56. The Morgan fingerprint density at radius 2 is 2.27 bits per heavy atom. The van der Waals surface area contributed by atoms with Gasteiger partial charge in [-0.2, -0.15) is 0 Å². The van der Waals surface area contributed by atoms with Crippen molar-refractivity contribution in [2.45, 2.75) is 32.5 Å². The molecule has 2 aliphatic rings. The maximum Gasteiger partial charge on any atom is 0.326 e. The smallest absolute Gasteiger partial charge is 0.326 e. The molecule has 0 radical (unpaired) electrons. The minimum Gasteiger partial charge on any atom is -0.465 e. The number of fused-ring (bicyclic) bond motifs is 1. The van der Waals surface area contributed by atoms with Gasteiger partial charge in [-0.05, 0) is 20.8 Å². The Morgan fingerprint density at radius 3 is 2.86 bits per heavy atom. The summed E-state index contributed by atoms with van der Waals surface area (Å²) in [5.74, 6) is -2.80. The van der Waals surface area contributed by atoms with Crippen molar-refractivity contribution in [3.8, 4) is 0 Å². The van der Waals surface area contributed by atoms with Crippen molar-refractivity contribution in [3.05, 3.63) is 17.5 Å². The normalized spacial score (nSPS) is 30.8. The molecule has 0 saturated carbocycles. The van der Waals surface area contributed by atoms with Crippen molar-refractivity contribution >= 4 is 17.7 Å². The lowest BCUT2D eigenvalue weighted by molar-refractivity contribution is -0.155. The van der Waals surface area contributed by atoms with Gasteiger partial charge in [-0.15, -0.1) is 0 Å². The number of esters is 1. The Bertz CT molecular complexity index is 654. The van der Waals surface area contributed by atoms with Gasteiger partial charge in [0.25, 0.3) is 0 Å². The van der Waals surface area contributed by atoms with E-state index in [2.05, 4.69) is 5.16 Å². The maximum absolute atomic E-state index is 12.6. The highest BCUT2D eigenvalue weighted by Crippen LogP contribution is 2.44. The molecule has 1 amide bonds. The van der Waals surface area contributed by atoms with Crippen molar-refractivity contribution in [2.75, 3.05) is 13.2 Å². The average molecular weight is 308 g/mol. The fourth-order valence-corrected chi connectivity index (χ4v) is 2.91. The summed E-state index contributed by atoms with van der Waals surface area (Å²) in [4.78, 5) is 38.3. The number of nitrogens with zero attached hydrogens (tertiary/aromatic N) is 2. The Kier molecular flexibility index (Phi) is 3.28. The highest BCUT2D eigenvalue weighted by atomic mass is 16.5. The van der Waals surface area contributed by atoms with Crippen LogP contribution in [0.4, 0.5) is 0 Å². The maximum atomic E-state index is 12.6. The fourth-order valence-electron chi connectivity index (χ4n) is 2.91. The molecular weight excluding hydrogens is 292 g/mol. The van der Waals surface area contributed by atoms with Crippen LogP contribution in [0.3, 0.4) is 0 Å². The molecule has 0 bridgehead atoms. The van der Waals surface area contributed by atoms with Crippen molar-refractivity contribution in [3.63, 3.8) is 0 Å². The zero-order chi connectivity index (χ0) is 16.1. The summed E-state index contributed by atoms with van der Waals surface area (Å²) in [5, 5.41) is 3.83. The fraction of sp³-hybridized carbons (Fsp3) is 0.571. The molecule has 3 heterocycles. The van der Waals surface area contributed by atoms with E-state index in [1.165, 1.54) is 4.90 Å². The summed E-state index contributed by atoms with van der Waals surface area (Å²) in [6.45, 7) is 5.02. The van der Waals surface area contributed by atoms with Gasteiger partial charge in [-0.1, -0.05) is 5.16 Å². The molecule has 0 aliphatic carbocycles. The van der Waals surface area contributed by atoms with Gasteiger partial charge in [-0.3, -0.25) is 19.3 Å². The van der Waals surface area contributed by atoms with Gasteiger partial charge in [0.1, 0.15) is 17.0 Å². The van der Waals surface area contributed by atoms with Gasteiger partial charge in [-0.25, -0.2) is 0 Å². The van der Waals surface area contributed by atoms with E-state index in [-0.39, 0.29) is 13.2 Å². The largest absolute Gasteiger partial charge is 0.465 e. The van der Waals surface area contributed by atoms with Crippen LogP contribution in [-0.2, 0) is 23.9 Å². The van der Waals surface area contributed by atoms with Crippen LogP contribution in [0.5, 0.6) is 0 Å². The number of ether oxygens (including phenoxy) is 2. The standard InChI is InChI=1S/C14H16N2O6/c1-4-20-13(19)9-10(17)14(3)6-21-12(16(14)11(9)18)8-5-7(2)22-15-8/h5,9,12H,4,6H2,1-3H3/t9?,12-,14-/m1/s1. The number of ketones is 1. The van der Waals surface area contributed by atoms with E-state index < -0.39 is 35.3 Å². The van der Waals surface area contributed by atoms with Crippen molar-refractivity contribution in [1.29, 1.82) is 0 Å². The Balaban J connectivity index is 1.96. The first-order valence-corrected chi connectivity index (χ1v) is 6.99. The molecule has 1 unspecified atom stereocenters. The van der Waals surface area contributed by atoms with E-state index in [1.807, 2.05) is 0 Å². The van der Waals surface area contributed by atoms with E-state index in [9.17, 15) is 14.4 Å². The summed E-state index contributed by atoms with van der Waals surface area (Å²) >= 11 is 0. The molecule has 8 heteroatoms. The molecule has 2 fully saturated rings.